The first-order valence-electron chi connectivity index (χ1n) is 7.86. The molecule has 23 heavy (non-hydrogen) atoms. The monoisotopic (exact) mass is 311 g/mol. The molecule has 1 heterocycles. The van der Waals surface area contributed by atoms with Gasteiger partial charge in [0.1, 0.15) is 5.58 Å². The Morgan fingerprint density at radius 3 is 2.65 bits per heavy atom. The third-order valence-electron chi connectivity index (χ3n) is 4.28. The molecule has 0 saturated heterocycles. The molecule has 2 aromatic carbocycles. The van der Waals surface area contributed by atoms with Crippen LogP contribution >= 0.6 is 0 Å². The summed E-state index contributed by atoms with van der Waals surface area (Å²) >= 11 is 0. The van der Waals surface area contributed by atoms with Gasteiger partial charge in [0.05, 0.1) is 6.10 Å². The molecular weight excluding hydrogens is 290 g/mol. The van der Waals surface area contributed by atoms with Crippen LogP contribution in [0.2, 0.25) is 0 Å². The Morgan fingerprint density at radius 1 is 1.17 bits per heavy atom. The molecule has 0 fully saturated rings. The number of amides is 1. The van der Waals surface area contributed by atoms with Crippen LogP contribution in [0.4, 0.5) is 0 Å². The molecule has 0 aliphatic carbocycles. The largest absolute Gasteiger partial charge is 0.450 e. The first-order chi connectivity index (χ1) is 11.0. The number of aliphatic hydroxyl groups excluding tert-OH is 1. The fourth-order valence-electron chi connectivity index (χ4n) is 2.68. The fraction of sp³-hybridized carbons (Fsp3) is 0.316. The SMILES string of the molecule is Cc1c(C(=O)NCC(O)C(C)C)oc2c1ccc1ccccc12. The second-order valence-electron chi connectivity index (χ2n) is 6.24. The van der Waals surface area contributed by atoms with E-state index in [1.165, 1.54) is 0 Å². The Morgan fingerprint density at radius 2 is 1.91 bits per heavy atom. The number of nitrogens with one attached hydrogen (secondary N) is 1. The van der Waals surface area contributed by atoms with E-state index in [1.807, 2.05) is 57.2 Å². The number of rotatable bonds is 4. The maximum Gasteiger partial charge on any atom is 0.287 e. The van der Waals surface area contributed by atoms with E-state index in [2.05, 4.69) is 5.32 Å². The summed E-state index contributed by atoms with van der Waals surface area (Å²) in [6.45, 7) is 5.92. The van der Waals surface area contributed by atoms with E-state index in [0.29, 0.717) is 5.76 Å². The molecule has 0 bridgehead atoms. The molecule has 3 rings (SSSR count). The van der Waals surface area contributed by atoms with E-state index >= 15 is 0 Å². The average Bonchev–Trinajstić information content (AvgIpc) is 2.89. The van der Waals surface area contributed by atoms with Gasteiger partial charge < -0.3 is 14.8 Å². The van der Waals surface area contributed by atoms with Crippen LogP contribution in [0, 0.1) is 12.8 Å². The van der Waals surface area contributed by atoms with Crippen LogP contribution < -0.4 is 5.32 Å². The third kappa shape index (κ3) is 2.82. The fourth-order valence-corrected chi connectivity index (χ4v) is 2.68. The summed E-state index contributed by atoms with van der Waals surface area (Å²) in [6, 6.07) is 12.0. The van der Waals surface area contributed by atoms with Gasteiger partial charge in [-0.15, -0.1) is 0 Å². The summed E-state index contributed by atoms with van der Waals surface area (Å²) in [5.41, 5.74) is 1.55. The maximum absolute atomic E-state index is 12.4. The lowest BCUT2D eigenvalue weighted by molar-refractivity contribution is 0.0848. The minimum absolute atomic E-state index is 0.0935. The van der Waals surface area contributed by atoms with Crippen LogP contribution in [0.1, 0.15) is 30.0 Å². The molecule has 0 aliphatic heterocycles. The number of aliphatic hydroxyl groups is 1. The smallest absolute Gasteiger partial charge is 0.287 e. The highest BCUT2D eigenvalue weighted by molar-refractivity contribution is 6.08. The van der Waals surface area contributed by atoms with Gasteiger partial charge in [0.15, 0.2) is 5.76 Å². The summed E-state index contributed by atoms with van der Waals surface area (Å²) in [5.74, 6) is 0.116. The highest BCUT2D eigenvalue weighted by Crippen LogP contribution is 2.31. The topological polar surface area (TPSA) is 62.5 Å². The van der Waals surface area contributed by atoms with Crippen molar-refractivity contribution in [3.8, 4) is 0 Å². The van der Waals surface area contributed by atoms with Crippen LogP contribution in [0.5, 0.6) is 0 Å². The van der Waals surface area contributed by atoms with Crippen LogP contribution in [-0.4, -0.2) is 23.7 Å². The van der Waals surface area contributed by atoms with Crippen LogP contribution in [-0.2, 0) is 0 Å². The molecule has 1 amide bonds. The number of hydrogen-bond acceptors (Lipinski definition) is 3. The van der Waals surface area contributed by atoms with Gasteiger partial charge in [0.25, 0.3) is 5.91 Å². The zero-order chi connectivity index (χ0) is 16.6. The molecule has 3 aromatic rings. The number of aryl methyl sites for hydroxylation is 1. The average molecular weight is 311 g/mol. The first-order valence-corrected chi connectivity index (χ1v) is 7.86. The Labute approximate surface area is 135 Å². The molecule has 2 N–H and O–H groups in total. The van der Waals surface area contributed by atoms with Gasteiger partial charge in [-0.1, -0.05) is 50.2 Å². The number of furan rings is 1. The Bertz CT molecular complexity index is 864. The second kappa shape index (κ2) is 6.05. The number of hydrogen-bond donors (Lipinski definition) is 2. The quantitative estimate of drug-likeness (QED) is 0.773. The minimum Gasteiger partial charge on any atom is -0.450 e. The highest BCUT2D eigenvalue weighted by Gasteiger charge is 2.20. The van der Waals surface area contributed by atoms with Crippen molar-refractivity contribution in [3.63, 3.8) is 0 Å². The summed E-state index contributed by atoms with van der Waals surface area (Å²) in [7, 11) is 0. The summed E-state index contributed by atoms with van der Waals surface area (Å²) in [4.78, 5) is 12.4. The van der Waals surface area contributed by atoms with Gasteiger partial charge in [-0.2, -0.15) is 0 Å². The van der Waals surface area contributed by atoms with E-state index in [9.17, 15) is 9.90 Å². The molecule has 4 heteroatoms. The molecule has 0 saturated carbocycles. The molecule has 0 spiro atoms. The Balaban J connectivity index is 1.97. The maximum atomic E-state index is 12.4. The lowest BCUT2D eigenvalue weighted by atomic mass is 10.1. The van der Waals surface area contributed by atoms with Gasteiger partial charge in [-0.3, -0.25) is 4.79 Å². The molecule has 0 radical (unpaired) electrons. The van der Waals surface area contributed by atoms with Crippen molar-refractivity contribution in [3.05, 3.63) is 47.7 Å². The van der Waals surface area contributed by atoms with Gasteiger partial charge in [0, 0.05) is 22.9 Å². The Kier molecular flexibility index (Phi) is 4.09. The predicted octanol–water partition coefficient (Wildman–Crippen LogP) is 3.64. The lowest BCUT2D eigenvalue weighted by Gasteiger charge is -2.14. The van der Waals surface area contributed by atoms with Gasteiger partial charge in [-0.25, -0.2) is 0 Å². The van der Waals surface area contributed by atoms with Crippen LogP contribution in [0.15, 0.2) is 40.8 Å². The van der Waals surface area contributed by atoms with Gasteiger partial charge in [-0.05, 0) is 18.2 Å². The molecule has 1 atom stereocenters. The first kappa shape index (κ1) is 15.6. The van der Waals surface area contributed by atoms with Crippen molar-refractivity contribution in [1.29, 1.82) is 0 Å². The van der Waals surface area contributed by atoms with Crippen LogP contribution in [0.25, 0.3) is 21.7 Å². The molecule has 4 nitrogen and oxygen atoms in total. The summed E-state index contributed by atoms with van der Waals surface area (Å²) in [5, 5.41) is 15.6. The van der Waals surface area contributed by atoms with E-state index < -0.39 is 6.10 Å². The number of carbonyl (C=O) groups is 1. The number of fused-ring (bicyclic) bond motifs is 3. The van der Waals surface area contributed by atoms with E-state index in [0.717, 1.165) is 27.3 Å². The molecule has 1 unspecified atom stereocenters. The number of carbonyl (C=O) groups excluding carboxylic acids is 1. The highest BCUT2D eigenvalue weighted by atomic mass is 16.3. The summed E-state index contributed by atoms with van der Waals surface area (Å²) in [6.07, 6.45) is -0.565. The van der Waals surface area contributed by atoms with E-state index in [-0.39, 0.29) is 18.4 Å². The molecule has 1 aromatic heterocycles. The third-order valence-corrected chi connectivity index (χ3v) is 4.28. The van der Waals surface area contributed by atoms with Crippen LogP contribution in [0.3, 0.4) is 0 Å². The molecular formula is C19H21NO3. The van der Waals surface area contributed by atoms with Crippen molar-refractivity contribution in [1.82, 2.24) is 5.32 Å². The Hall–Kier alpha value is -2.33. The standard InChI is InChI=1S/C19H21NO3/c1-11(2)16(21)10-20-19(22)17-12(3)14-9-8-13-6-4-5-7-15(13)18(14)23-17/h4-9,11,16,21H,10H2,1-3H3,(H,20,22). The van der Waals surface area contributed by atoms with Crippen molar-refractivity contribution in [2.45, 2.75) is 26.9 Å². The van der Waals surface area contributed by atoms with Crippen molar-refractivity contribution in [2.75, 3.05) is 6.54 Å². The normalized spacial score (nSPS) is 12.9. The van der Waals surface area contributed by atoms with Crippen molar-refractivity contribution in [2.24, 2.45) is 5.92 Å². The number of benzene rings is 2. The molecule has 120 valence electrons. The predicted molar refractivity (Wildman–Crippen MR) is 91.6 cm³/mol. The van der Waals surface area contributed by atoms with Gasteiger partial charge >= 0.3 is 0 Å². The molecule has 0 aliphatic rings. The zero-order valence-corrected chi connectivity index (χ0v) is 13.6. The van der Waals surface area contributed by atoms with Gasteiger partial charge in [0.2, 0.25) is 0 Å². The van der Waals surface area contributed by atoms with E-state index in [4.69, 9.17) is 4.42 Å². The second-order valence-corrected chi connectivity index (χ2v) is 6.24. The van der Waals surface area contributed by atoms with Crippen molar-refractivity contribution < 1.29 is 14.3 Å². The van der Waals surface area contributed by atoms with E-state index in [1.54, 1.807) is 0 Å². The zero-order valence-electron chi connectivity index (χ0n) is 13.6. The minimum atomic E-state index is -0.565. The summed E-state index contributed by atoms with van der Waals surface area (Å²) < 4.78 is 5.87. The van der Waals surface area contributed by atoms with Crippen molar-refractivity contribution >= 4 is 27.6 Å². The lowest BCUT2D eigenvalue weighted by Crippen LogP contribution is -2.34.